The van der Waals surface area contributed by atoms with E-state index in [2.05, 4.69) is 5.32 Å². The van der Waals surface area contributed by atoms with Gasteiger partial charge in [-0.15, -0.1) is 0 Å². The molecule has 0 spiro atoms. The van der Waals surface area contributed by atoms with E-state index in [0.29, 0.717) is 0 Å². The molecule has 104 valence electrons. The highest BCUT2D eigenvalue weighted by Gasteiger charge is 2.09. The highest BCUT2D eigenvalue weighted by molar-refractivity contribution is 5.95. The van der Waals surface area contributed by atoms with Crippen molar-refractivity contribution in [1.29, 1.82) is 0 Å². The third kappa shape index (κ3) is 3.59. The van der Waals surface area contributed by atoms with Crippen LogP contribution in [0.5, 0.6) is 0 Å². The number of benzene rings is 2. The Bertz CT molecular complexity index is 570. The van der Waals surface area contributed by atoms with E-state index in [-0.39, 0.29) is 19.1 Å². The first-order chi connectivity index (χ1) is 9.70. The number of anilines is 2. The number of nitrogens with one attached hydrogen (secondary N) is 1. The SMILES string of the molecule is CN(C(=O)CNc1cccc(CO)c1)c1ccccc1. The third-order valence-electron chi connectivity index (χ3n) is 3.07. The second-order valence-electron chi connectivity index (χ2n) is 4.50. The predicted molar refractivity (Wildman–Crippen MR) is 80.7 cm³/mol. The molecule has 20 heavy (non-hydrogen) atoms. The van der Waals surface area contributed by atoms with Gasteiger partial charge in [-0.3, -0.25) is 4.79 Å². The van der Waals surface area contributed by atoms with E-state index in [4.69, 9.17) is 5.11 Å². The molecule has 0 bridgehead atoms. The summed E-state index contributed by atoms with van der Waals surface area (Å²) in [6, 6.07) is 16.9. The summed E-state index contributed by atoms with van der Waals surface area (Å²) >= 11 is 0. The number of carbonyl (C=O) groups excluding carboxylic acids is 1. The Kier molecular flexibility index (Phi) is 4.74. The van der Waals surface area contributed by atoms with Crippen molar-refractivity contribution in [2.75, 3.05) is 23.8 Å². The molecule has 0 saturated heterocycles. The number of para-hydroxylation sites is 1. The van der Waals surface area contributed by atoms with E-state index in [1.54, 1.807) is 11.9 Å². The van der Waals surface area contributed by atoms with E-state index < -0.39 is 0 Å². The maximum atomic E-state index is 12.1. The van der Waals surface area contributed by atoms with Crippen LogP contribution in [-0.2, 0) is 11.4 Å². The quantitative estimate of drug-likeness (QED) is 0.876. The molecule has 0 aliphatic heterocycles. The number of amides is 1. The van der Waals surface area contributed by atoms with Gasteiger partial charge in [0.15, 0.2) is 0 Å². The molecular weight excluding hydrogens is 252 g/mol. The van der Waals surface area contributed by atoms with Crippen LogP contribution in [0.15, 0.2) is 54.6 Å². The minimum Gasteiger partial charge on any atom is -0.392 e. The van der Waals surface area contributed by atoms with Crippen molar-refractivity contribution in [3.63, 3.8) is 0 Å². The number of hydrogen-bond donors (Lipinski definition) is 2. The average molecular weight is 270 g/mol. The molecule has 0 aromatic heterocycles. The minimum atomic E-state index is -0.0226. The lowest BCUT2D eigenvalue weighted by atomic mass is 10.2. The minimum absolute atomic E-state index is 0.00656. The molecule has 0 unspecified atom stereocenters. The van der Waals surface area contributed by atoms with E-state index in [0.717, 1.165) is 16.9 Å². The number of rotatable bonds is 5. The fourth-order valence-electron chi connectivity index (χ4n) is 1.87. The van der Waals surface area contributed by atoms with Gasteiger partial charge in [-0.05, 0) is 29.8 Å². The molecular formula is C16H18N2O2. The number of hydrogen-bond acceptors (Lipinski definition) is 3. The van der Waals surface area contributed by atoms with Crippen LogP contribution in [0, 0.1) is 0 Å². The standard InChI is InChI=1S/C16H18N2O2/c1-18(15-8-3-2-4-9-15)16(20)11-17-14-7-5-6-13(10-14)12-19/h2-10,17,19H,11-12H2,1H3. The summed E-state index contributed by atoms with van der Waals surface area (Å²) in [4.78, 5) is 13.7. The molecule has 4 heteroatoms. The molecule has 0 aliphatic rings. The molecule has 0 atom stereocenters. The first-order valence-electron chi connectivity index (χ1n) is 6.46. The zero-order chi connectivity index (χ0) is 14.4. The number of aliphatic hydroxyl groups excluding tert-OH is 1. The van der Waals surface area contributed by atoms with Gasteiger partial charge in [-0.2, -0.15) is 0 Å². The third-order valence-corrected chi connectivity index (χ3v) is 3.07. The van der Waals surface area contributed by atoms with Crippen molar-refractivity contribution < 1.29 is 9.90 Å². The summed E-state index contributed by atoms with van der Waals surface area (Å²) in [5.74, 6) is -0.0226. The van der Waals surface area contributed by atoms with Crippen LogP contribution in [0.3, 0.4) is 0 Å². The van der Waals surface area contributed by atoms with Gasteiger partial charge >= 0.3 is 0 Å². The summed E-state index contributed by atoms with van der Waals surface area (Å²) in [6.45, 7) is 0.202. The summed E-state index contributed by atoms with van der Waals surface area (Å²) in [5, 5.41) is 12.1. The van der Waals surface area contributed by atoms with Gasteiger partial charge in [0, 0.05) is 18.4 Å². The second kappa shape index (κ2) is 6.73. The number of carbonyl (C=O) groups is 1. The van der Waals surface area contributed by atoms with Crippen LogP contribution in [0.25, 0.3) is 0 Å². The van der Waals surface area contributed by atoms with E-state index in [9.17, 15) is 4.79 Å². The van der Waals surface area contributed by atoms with Gasteiger partial charge in [0.05, 0.1) is 13.2 Å². The van der Waals surface area contributed by atoms with Crippen molar-refractivity contribution >= 4 is 17.3 Å². The van der Waals surface area contributed by atoms with Gasteiger partial charge in [-0.1, -0.05) is 30.3 Å². The van der Waals surface area contributed by atoms with E-state index in [1.165, 1.54) is 0 Å². The maximum Gasteiger partial charge on any atom is 0.246 e. The first kappa shape index (κ1) is 14.1. The van der Waals surface area contributed by atoms with Crippen LogP contribution < -0.4 is 10.2 Å². The Morgan fingerprint density at radius 2 is 1.90 bits per heavy atom. The normalized spacial score (nSPS) is 10.1. The lowest BCUT2D eigenvalue weighted by molar-refractivity contribution is -0.116. The first-order valence-corrected chi connectivity index (χ1v) is 6.46. The lowest BCUT2D eigenvalue weighted by Crippen LogP contribution is -2.32. The van der Waals surface area contributed by atoms with E-state index in [1.807, 2.05) is 54.6 Å². The van der Waals surface area contributed by atoms with Crippen molar-refractivity contribution in [3.8, 4) is 0 Å². The topological polar surface area (TPSA) is 52.6 Å². The Hall–Kier alpha value is -2.33. The van der Waals surface area contributed by atoms with Gasteiger partial charge in [0.1, 0.15) is 0 Å². The molecule has 0 aliphatic carbocycles. The van der Waals surface area contributed by atoms with Gasteiger partial charge in [0.2, 0.25) is 5.91 Å². The molecule has 4 nitrogen and oxygen atoms in total. The zero-order valence-electron chi connectivity index (χ0n) is 11.4. The lowest BCUT2D eigenvalue weighted by Gasteiger charge is -2.18. The fraction of sp³-hybridized carbons (Fsp3) is 0.188. The van der Waals surface area contributed by atoms with Crippen molar-refractivity contribution in [1.82, 2.24) is 0 Å². The molecule has 0 heterocycles. The molecule has 0 radical (unpaired) electrons. The number of likely N-dealkylation sites (N-methyl/N-ethyl adjacent to an activating group) is 1. The Morgan fingerprint density at radius 1 is 1.15 bits per heavy atom. The molecule has 0 saturated carbocycles. The number of nitrogens with zero attached hydrogens (tertiary/aromatic N) is 1. The van der Waals surface area contributed by atoms with Crippen LogP contribution in [0.4, 0.5) is 11.4 Å². The second-order valence-corrected chi connectivity index (χ2v) is 4.50. The van der Waals surface area contributed by atoms with Crippen molar-refractivity contribution in [3.05, 3.63) is 60.2 Å². The van der Waals surface area contributed by atoms with Gasteiger partial charge in [-0.25, -0.2) is 0 Å². The summed E-state index contributed by atoms with van der Waals surface area (Å²) < 4.78 is 0. The maximum absolute atomic E-state index is 12.1. The molecule has 0 fully saturated rings. The highest BCUT2D eigenvalue weighted by Crippen LogP contribution is 2.13. The van der Waals surface area contributed by atoms with Crippen LogP contribution in [0.2, 0.25) is 0 Å². The molecule has 2 N–H and O–H groups in total. The van der Waals surface area contributed by atoms with Crippen molar-refractivity contribution in [2.45, 2.75) is 6.61 Å². The summed E-state index contributed by atoms with van der Waals surface area (Å²) in [5.41, 5.74) is 2.51. The van der Waals surface area contributed by atoms with Crippen molar-refractivity contribution in [2.24, 2.45) is 0 Å². The smallest absolute Gasteiger partial charge is 0.246 e. The monoisotopic (exact) mass is 270 g/mol. The molecule has 2 rings (SSSR count). The molecule has 2 aromatic carbocycles. The number of aliphatic hydroxyl groups is 1. The fourth-order valence-corrected chi connectivity index (χ4v) is 1.87. The predicted octanol–water partition coefficient (Wildman–Crippen LogP) is 2.25. The van der Waals surface area contributed by atoms with Crippen LogP contribution >= 0.6 is 0 Å². The summed E-state index contributed by atoms with van der Waals surface area (Å²) in [6.07, 6.45) is 0. The average Bonchev–Trinajstić information content (AvgIpc) is 2.53. The Morgan fingerprint density at radius 3 is 2.60 bits per heavy atom. The van der Waals surface area contributed by atoms with Crippen LogP contribution in [-0.4, -0.2) is 24.6 Å². The van der Waals surface area contributed by atoms with E-state index >= 15 is 0 Å². The Labute approximate surface area is 118 Å². The van der Waals surface area contributed by atoms with Gasteiger partial charge in [0.25, 0.3) is 0 Å². The van der Waals surface area contributed by atoms with Crippen LogP contribution in [0.1, 0.15) is 5.56 Å². The molecule has 2 aromatic rings. The summed E-state index contributed by atoms with van der Waals surface area (Å²) in [7, 11) is 1.75. The molecule has 1 amide bonds. The largest absolute Gasteiger partial charge is 0.392 e. The van der Waals surface area contributed by atoms with Gasteiger partial charge < -0.3 is 15.3 Å². The highest BCUT2D eigenvalue weighted by atomic mass is 16.3. The Balaban J connectivity index is 1.95. The zero-order valence-corrected chi connectivity index (χ0v) is 11.4.